The zero-order chi connectivity index (χ0) is 22.8. The van der Waals surface area contributed by atoms with Crippen molar-refractivity contribution < 1.29 is 17.9 Å². The third-order valence-corrected chi connectivity index (χ3v) is 7.76. The zero-order valence-electron chi connectivity index (χ0n) is 19.3. The second kappa shape index (κ2) is 9.46. The molecule has 2 atom stereocenters. The highest BCUT2D eigenvalue weighted by Crippen LogP contribution is 2.34. The lowest BCUT2D eigenvalue weighted by molar-refractivity contribution is -0.119. The molecule has 8 heteroatoms. The summed E-state index contributed by atoms with van der Waals surface area (Å²) >= 11 is 0. The summed E-state index contributed by atoms with van der Waals surface area (Å²) in [7, 11) is -3.24. The maximum Gasteiger partial charge on any atom is 0.255 e. The fourth-order valence-corrected chi connectivity index (χ4v) is 6.09. The lowest BCUT2D eigenvalue weighted by Crippen LogP contribution is -2.55. The minimum Gasteiger partial charge on any atom is -0.483 e. The molecule has 0 saturated carbocycles. The van der Waals surface area contributed by atoms with E-state index in [1.165, 1.54) is 11.8 Å². The molecule has 2 saturated heterocycles. The predicted octanol–water partition coefficient (Wildman–Crippen LogP) is 2.63. The average molecular weight is 452 g/mol. The molecule has 0 radical (unpaired) electrons. The van der Waals surface area contributed by atoms with Gasteiger partial charge in [-0.3, -0.25) is 9.69 Å². The molecule has 174 valence electrons. The SMILES string of the molecule is CC(C)(C)c1ccc(OCC(N)=O)c(CN2CCC[C@@H]3[C@H]2CCCCN3S(C)(=O)=O)c1. The van der Waals surface area contributed by atoms with E-state index in [0.29, 0.717) is 18.8 Å². The topological polar surface area (TPSA) is 92.9 Å². The highest BCUT2D eigenvalue weighted by atomic mass is 32.2. The van der Waals surface area contributed by atoms with Gasteiger partial charge in [-0.2, -0.15) is 4.31 Å². The molecule has 3 rings (SSSR count). The van der Waals surface area contributed by atoms with Gasteiger partial charge in [0.1, 0.15) is 5.75 Å². The number of amides is 1. The molecule has 0 aliphatic carbocycles. The Kier molecular flexibility index (Phi) is 7.33. The van der Waals surface area contributed by atoms with E-state index in [1.807, 2.05) is 12.1 Å². The van der Waals surface area contributed by atoms with Gasteiger partial charge in [0.15, 0.2) is 6.61 Å². The minimum atomic E-state index is -3.24. The highest BCUT2D eigenvalue weighted by molar-refractivity contribution is 7.88. The number of hydrogen-bond donors (Lipinski definition) is 1. The Labute approximate surface area is 187 Å². The molecule has 2 aliphatic rings. The second-order valence-corrected chi connectivity index (χ2v) is 11.9. The molecular weight excluding hydrogens is 414 g/mol. The van der Waals surface area contributed by atoms with Crippen LogP contribution < -0.4 is 10.5 Å². The molecule has 2 aliphatic heterocycles. The fourth-order valence-electron chi connectivity index (χ4n) is 4.89. The zero-order valence-corrected chi connectivity index (χ0v) is 20.1. The van der Waals surface area contributed by atoms with Crippen molar-refractivity contribution in [3.05, 3.63) is 29.3 Å². The van der Waals surface area contributed by atoms with E-state index in [1.54, 1.807) is 4.31 Å². The first-order valence-corrected chi connectivity index (χ1v) is 13.1. The Morgan fingerprint density at radius 1 is 1.13 bits per heavy atom. The molecular formula is C23H37N3O4S. The Balaban J connectivity index is 1.91. The fraction of sp³-hybridized carbons (Fsp3) is 0.696. The summed E-state index contributed by atoms with van der Waals surface area (Å²) in [4.78, 5) is 13.7. The second-order valence-electron chi connectivity index (χ2n) is 9.94. The van der Waals surface area contributed by atoms with Crippen LogP contribution in [0.5, 0.6) is 5.75 Å². The van der Waals surface area contributed by atoms with Crippen LogP contribution in [0.4, 0.5) is 0 Å². The number of nitrogens with two attached hydrogens (primary N) is 1. The van der Waals surface area contributed by atoms with Crippen LogP contribution in [0, 0.1) is 0 Å². The molecule has 1 aromatic carbocycles. The standard InChI is InChI=1S/C23H37N3O4S/c1-23(2,3)18-10-11-21(30-16-22(24)27)17(14-18)15-25-12-7-9-20-19(25)8-5-6-13-26(20)31(4,28)29/h10-11,14,19-20H,5-9,12-13,15-16H2,1-4H3,(H2,24,27)/t19-,20-/m1/s1. The van der Waals surface area contributed by atoms with Gasteiger partial charge >= 0.3 is 0 Å². The van der Waals surface area contributed by atoms with Gasteiger partial charge in [-0.1, -0.05) is 39.3 Å². The van der Waals surface area contributed by atoms with E-state index in [4.69, 9.17) is 10.5 Å². The van der Waals surface area contributed by atoms with Crippen molar-refractivity contribution in [2.45, 2.75) is 76.9 Å². The molecule has 7 nitrogen and oxygen atoms in total. The van der Waals surface area contributed by atoms with Crippen LogP contribution in [0.25, 0.3) is 0 Å². The number of ether oxygens (including phenoxy) is 1. The Hall–Kier alpha value is -1.64. The van der Waals surface area contributed by atoms with Gasteiger partial charge in [-0.15, -0.1) is 0 Å². The number of carbonyl (C=O) groups excluding carboxylic acids is 1. The van der Waals surface area contributed by atoms with Gasteiger partial charge in [-0.05, 0) is 49.3 Å². The van der Waals surface area contributed by atoms with E-state index in [2.05, 4.69) is 31.7 Å². The highest BCUT2D eigenvalue weighted by Gasteiger charge is 2.40. The Morgan fingerprint density at radius 3 is 2.48 bits per heavy atom. The van der Waals surface area contributed by atoms with Crippen molar-refractivity contribution >= 4 is 15.9 Å². The lowest BCUT2D eigenvalue weighted by Gasteiger charge is -2.44. The molecule has 0 unspecified atom stereocenters. The summed E-state index contributed by atoms with van der Waals surface area (Å²) in [6.45, 7) is 8.55. The molecule has 0 aromatic heterocycles. The first-order chi connectivity index (χ1) is 14.5. The summed E-state index contributed by atoms with van der Waals surface area (Å²) in [5, 5.41) is 0. The van der Waals surface area contributed by atoms with E-state index in [-0.39, 0.29) is 24.1 Å². The van der Waals surface area contributed by atoms with Gasteiger partial charge in [0, 0.05) is 30.7 Å². The van der Waals surface area contributed by atoms with Crippen LogP contribution in [0.15, 0.2) is 18.2 Å². The number of sulfonamides is 1. The van der Waals surface area contributed by atoms with Crippen LogP contribution in [0.3, 0.4) is 0 Å². The van der Waals surface area contributed by atoms with Gasteiger partial charge in [0.2, 0.25) is 10.0 Å². The van der Waals surface area contributed by atoms with E-state index < -0.39 is 15.9 Å². The number of carbonyl (C=O) groups is 1. The molecule has 2 heterocycles. The van der Waals surface area contributed by atoms with Crippen molar-refractivity contribution in [2.75, 3.05) is 26.0 Å². The number of rotatable bonds is 6. The first-order valence-electron chi connectivity index (χ1n) is 11.2. The quantitative estimate of drug-likeness (QED) is 0.718. The molecule has 1 aromatic rings. The molecule has 1 amide bonds. The lowest BCUT2D eigenvalue weighted by atomic mass is 9.85. The number of benzene rings is 1. The van der Waals surface area contributed by atoms with Crippen LogP contribution in [0.2, 0.25) is 0 Å². The summed E-state index contributed by atoms with van der Waals surface area (Å²) in [6, 6.07) is 6.33. The summed E-state index contributed by atoms with van der Waals surface area (Å²) < 4.78 is 32.4. The van der Waals surface area contributed by atoms with E-state index in [0.717, 1.165) is 44.2 Å². The first kappa shape index (κ1) is 24.0. The van der Waals surface area contributed by atoms with Gasteiger partial charge in [-0.25, -0.2) is 8.42 Å². The average Bonchev–Trinajstić information content (AvgIpc) is 2.89. The monoisotopic (exact) mass is 451 g/mol. The molecule has 31 heavy (non-hydrogen) atoms. The van der Waals surface area contributed by atoms with Crippen LogP contribution in [-0.2, 0) is 26.8 Å². The van der Waals surface area contributed by atoms with Crippen LogP contribution in [-0.4, -0.2) is 61.6 Å². The van der Waals surface area contributed by atoms with Crippen molar-refractivity contribution in [1.82, 2.24) is 9.21 Å². The summed E-state index contributed by atoms with van der Waals surface area (Å²) in [5.41, 5.74) is 7.49. The van der Waals surface area contributed by atoms with Crippen molar-refractivity contribution in [2.24, 2.45) is 5.73 Å². The number of primary amides is 1. The van der Waals surface area contributed by atoms with Crippen molar-refractivity contribution in [3.63, 3.8) is 0 Å². The third kappa shape index (κ3) is 5.99. The number of piperidine rings is 1. The Bertz CT molecular complexity index is 895. The van der Waals surface area contributed by atoms with Crippen molar-refractivity contribution in [1.29, 1.82) is 0 Å². The minimum absolute atomic E-state index is 0.0171. The number of fused-ring (bicyclic) bond motifs is 1. The number of likely N-dealkylation sites (tertiary alicyclic amines) is 1. The normalized spacial score (nSPS) is 23.7. The van der Waals surface area contributed by atoms with E-state index >= 15 is 0 Å². The maximum atomic E-state index is 12.5. The largest absolute Gasteiger partial charge is 0.483 e. The van der Waals surface area contributed by atoms with Gasteiger partial charge < -0.3 is 10.5 Å². The molecule has 0 bridgehead atoms. The summed E-state index contributed by atoms with van der Waals surface area (Å²) in [5.74, 6) is 0.166. The molecule has 2 N–H and O–H groups in total. The third-order valence-electron chi connectivity index (χ3n) is 6.45. The predicted molar refractivity (Wildman–Crippen MR) is 122 cm³/mol. The van der Waals surface area contributed by atoms with Crippen LogP contribution in [0.1, 0.15) is 64.0 Å². The van der Waals surface area contributed by atoms with Gasteiger partial charge in [0.05, 0.1) is 6.26 Å². The number of hydrogen-bond acceptors (Lipinski definition) is 5. The maximum absolute atomic E-state index is 12.5. The molecule has 0 spiro atoms. The Morgan fingerprint density at radius 2 is 1.84 bits per heavy atom. The van der Waals surface area contributed by atoms with Crippen LogP contribution >= 0.6 is 0 Å². The molecule has 2 fully saturated rings. The summed E-state index contributed by atoms with van der Waals surface area (Å²) in [6.07, 6.45) is 6.12. The van der Waals surface area contributed by atoms with Gasteiger partial charge in [0.25, 0.3) is 5.91 Å². The van der Waals surface area contributed by atoms with Crippen molar-refractivity contribution in [3.8, 4) is 5.75 Å². The smallest absolute Gasteiger partial charge is 0.255 e. The number of nitrogens with zero attached hydrogens (tertiary/aromatic N) is 2. The van der Waals surface area contributed by atoms with E-state index in [9.17, 15) is 13.2 Å².